The van der Waals surface area contributed by atoms with Gasteiger partial charge >= 0.3 is 0 Å². The first-order valence-electron chi connectivity index (χ1n) is 10.1. The van der Waals surface area contributed by atoms with Gasteiger partial charge in [0, 0.05) is 18.2 Å². The molecule has 1 fully saturated rings. The fourth-order valence-electron chi connectivity index (χ4n) is 3.62. The second kappa shape index (κ2) is 9.19. The van der Waals surface area contributed by atoms with Crippen LogP contribution in [0.5, 0.6) is 0 Å². The number of amides is 2. The van der Waals surface area contributed by atoms with Crippen LogP contribution in [-0.2, 0) is 4.79 Å². The number of aromatic nitrogens is 1. The van der Waals surface area contributed by atoms with Crippen molar-refractivity contribution in [1.82, 2.24) is 15.2 Å². The largest absolute Gasteiger partial charge is 0.354 e. The van der Waals surface area contributed by atoms with E-state index in [9.17, 15) is 9.59 Å². The summed E-state index contributed by atoms with van der Waals surface area (Å²) < 4.78 is 0. The number of carbonyl (C=O) groups is 2. The normalized spacial score (nSPS) is 14.5. The van der Waals surface area contributed by atoms with Gasteiger partial charge in [-0.05, 0) is 0 Å². The van der Waals surface area contributed by atoms with Crippen molar-refractivity contribution in [1.29, 1.82) is 0 Å². The molecule has 2 heterocycles. The van der Waals surface area contributed by atoms with Crippen LogP contribution >= 0.6 is 11.3 Å². The summed E-state index contributed by atoms with van der Waals surface area (Å²) in [5.41, 5.74) is 2.70. The third-order valence-electron chi connectivity index (χ3n) is 5.34. The van der Waals surface area contributed by atoms with E-state index in [-0.39, 0.29) is 11.8 Å². The summed E-state index contributed by atoms with van der Waals surface area (Å²) in [6.45, 7) is 3.26. The molecule has 6 nitrogen and oxygen atoms in total. The summed E-state index contributed by atoms with van der Waals surface area (Å²) in [6.07, 6.45) is 0. The maximum atomic E-state index is 13.4. The lowest BCUT2D eigenvalue weighted by atomic mass is 10.1. The molecule has 2 N–H and O–H groups in total. The summed E-state index contributed by atoms with van der Waals surface area (Å²) >= 11 is 1.45. The molecule has 1 aliphatic heterocycles. The van der Waals surface area contributed by atoms with E-state index in [1.165, 1.54) is 16.2 Å². The maximum absolute atomic E-state index is 13.4. The van der Waals surface area contributed by atoms with E-state index in [4.69, 9.17) is 4.98 Å². The maximum Gasteiger partial charge on any atom is 0.274 e. The van der Waals surface area contributed by atoms with E-state index >= 15 is 0 Å². The van der Waals surface area contributed by atoms with Gasteiger partial charge in [0.05, 0.1) is 31.9 Å². The lowest BCUT2D eigenvalue weighted by Gasteiger charge is -2.31. The zero-order valence-corrected chi connectivity index (χ0v) is 17.7. The number of piperazine rings is 1. The van der Waals surface area contributed by atoms with Crippen LogP contribution in [-0.4, -0.2) is 61.5 Å². The third kappa shape index (κ3) is 4.42. The van der Waals surface area contributed by atoms with Crippen LogP contribution in [0.2, 0.25) is 0 Å². The number of thiazole rings is 1. The quantitative estimate of drug-likeness (QED) is 0.657. The van der Waals surface area contributed by atoms with Gasteiger partial charge in [0.25, 0.3) is 11.8 Å². The van der Waals surface area contributed by atoms with Gasteiger partial charge in [0.1, 0.15) is 9.88 Å². The van der Waals surface area contributed by atoms with Crippen LogP contribution in [0.3, 0.4) is 0 Å². The number of nitrogens with zero attached hydrogens (tertiary/aromatic N) is 2. The topological polar surface area (TPSA) is 66.7 Å². The van der Waals surface area contributed by atoms with Crippen molar-refractivity contribution < 1.29 is 14.5 Å². The minimum absolute atomic E-state index is 0.0209. The monoisotopic (exact) mass is 421 g/mol. The van der Waals surface area contributed by atoms with Crippen molar-refractivity contribution in [2.24, 2.45) is 0 Å². The van der Waals surface area contributed by atoms with Crippen LogP contribution in [0.25, 0.3) is 21.8 Å². The highest BCUT2D eigenvalue weighted by atomic mass is 32.1. The standard InChI is InChI=1S/C23H24N4O2S/c1-24-19(28)16-26-12-14-27(15-13-26)23(29)21-20(17-8-4-2-5-9-17)25-22(30-21)18-10-6-3-7-11-18/h2-11H,12-16H2,1H3,(H,24,28)/p+1. The van der Waals surface area contributed by atoms with Gasteiger partial charge in [-0.25, -0.2) is 4.98 Å². The van der Waals surface area contributed by atoms with E-state index in [0.29, 0.717) is 24.5 Å². The molecule has 3 aromatic rings. The highest BCUT2D eigenvalue weighted by molar-refractivity contribution is 7.17. The summed E-state index contributed by atoms with van der Waals surface area (Å²) in [5, 5.41) is 3.52. The Hall–Kier alpha value is -3.03. The van der Waals surface area contributed by atoms with E-state index in [2.05, 4.69) is 5.32 Å². The molecule has 154 valence electrons. The molecule has 0 aliphatic carbocycles. The fourth-order valence-corrected chi connectivity index (χ4v) is 4.68. The lowest BCUT2D eigenvalue weighted by Crippen LogP contribution is -3.15. The summed E-state index contributed by atoms with van der Waals surface area (Å²) in [6, 6.07) is 19.8. The van der Waals surface area contributed by atoms with E-state index in [0.717, 1.165) is 34.9 Å². The Morgan fingerprint density at radius 2 is 1.60 bits per heavy atom. The molecule has 30 heavy (non-hydrogen) atoms. The number of hydrogen-bond donors (Lipinski definition) is 2. The Kier molecular flexibility index (Phi) is 6.21. The number of quaternary nitrogens is 1. The van der Waals surface area contributed by atoms with Crippen LogP contribution < -0.4 is 10.2 Å². The number of carbonyl (C=O) groups excluding carboxylic acids is 2. The van der Waals surface area contributed by atoms with E-state index in [1.54, 1.807) is 7.05 Å². The van der Waals surface area contributed by atoms with Crippen LogP contribution in [0.15, 0.2) is 60.7 Å². The molecule has 7 heteroatoms. The van der Waals surface area contributed by atoms with Crippen LogP contribution in [0, 0.1) is 0 Å². The Morgan fingerprint density at radius 1 is 1.00 bits per heavy atom. The third-order valence-corrected chi connectivity index (χ3v) is 6.43. The number of likely N-dealkylation sites (N-methyl/N-ethyl adjacent to an activating group) is 1. The molecule has 0 saturated carbocycles. The Bertz CT molecular complexity index is 1010. The molecule has 1 aromatic heterocycles. The summed E-state index contributed by atoms with van der Waals surface area (Å²) in [7, 11) is 1.65. The molecule has 0 unspecified atom stereocenters. The average Bonchev–Trinajstić information content (AvgIpc) is 3.26. The van der Waals surface area contributed by atoms with Crippen molar-refractivity contribution in [3.63, 3.8) is 0 Å². The molecule has 0 atom stereocenters. The first-order chi connectivity index (χ1) is 14.7. The van der Waals surface area contributed by atoms with Crippen molar-refractivity contribution in [3.05, 3.63) is 65.5 Å². The first kappa shape index (κ1) is 20.3. The van der Waals surface area contributed by atoms with Gasteiger partial charge < -0.3 is 15.1 Å². The molecular formula is C23H25N4O2S+. The van der Waals surface area contributed by atoms with Gasteiger partial charge in [-0.2, -0.15) is 0 Å². The molecule has 2 aromatic carbocycles. The van der Waals surface area contributed by atoms with Gasteiger partial charge in [-0.1, -0.05) is 60.7 Å². The minimum Gasteiger partial charge on any atom is -0.354 e. The Labute approximate surface area is 180 Å². The average molecular weight is 422 g/mol. The molecule has 0 radical (unpaired) electrons. The SMILES string of the molecule is CNC(=O)C[NH+]1CCN(C(=O)c2sc(-c3ccccc3)nc2-c2ccccc2)CC1. The molecule has 1 aliphatic rings. The van der Waals surface area contributed by atoms with Gasteiger partial charge in [0.15, 0.2) is 6.54 Å². The number of rotatable bonds is 5. The zero-order chi connectivity index (χ0) is 20.9. The first-order valence-corrected chi connectivity index (χ1v) is 10.9. The summed E-state index contributed by atoms with van der Waals surface area (Å²) in [5.74, 6) is 0.0543. The van der Waals surface area contributed by atoms with E-state index in [1.807, 2.05) is 65.6 Å². The number of hydrogen-bond acceptors (Lipinski definition) is 4. The number of benzene rings is 2. The number of nitrogens with one attached hydrogen (secondary N) is 2. The van der Waals surface area contributed by atoms with Crippen molar-refractivity contribution >= 4 is 23.2 Å². The van der Waals surface area contributed by atoms with Crippen molar-refractivity contribution in [3.8, 4) is 21.8 Å². The lowest BCUT2D eigenvalue weighted by molar-refractivity contribution is -0.896. The predicted octanol–water partition coefficient (Wildman–Crippen LogP) is 1.56. The molecular weight excluding hydrogens is 396 g/mol. The molecule has 4 rings (SSSR count). The predicted molar refractivity (Wildman–Crippen MR) is 119 cm³/mol. The van der Waals surface area contributed by atoms with Crippen LogP contribution in [0.1, 0.15) is 9.67 Å². The van der Waals surface area contributed by atoms with Crippen molar-refractivity contribution in [2.75, 3.05) is 39.8 Å². The second-order valence-corrected chi connectivity index (χ2v) is 8.32. The minimum atomic E-state index is 0.0209. The highest BCUT2D eigenvalue weighted by Crippen LogP contribution is 2.34. The molecule has 0 spiro atoms. The van der Waals surface area contributed by atoms with Crippen molar-refractivity contribution in [2.45, 2.75) is 0 Å². The zero-order valence-electron chi connectivity index (χ0n) is 16.9. The van der Waals surface area contributed by atoms with Crippen LogP contribution in [0.4, 0.5) is 0 Å². The highest BCUT2D eigenvalue weighted by Gasteiger charge is 2.29. The van der Waals surface area contributed by atoms with Gasteiger partial charge in [-0.15, -0.1) is 11.3 Å². The van der Waals surface area contributed by atoms with Gasteiger partial charge in [0.2, 0.25) is 0 Å². The fraction of sp³-hybridized carbons (Fsp3) is 0.261. The molecule has 2 amide bonds. The summed E-state index contributed by atoms with van der Waals surface area (Å²) in [4.78, 5) is 33.7. The molecule has 0 bridgehead atoms. The van der Waals surface area contributed by atoms with Gasteiger partial charge in [-0.3, -0.25) is 9.59 Å². The molecule has 1 saturated heterocycles. The van der Waals surface area contributed by atoms with E-state index < -0.39 is 0 Å². The Balaban J connectivity index is 1.59. The Morgan fingerprint density at radius 3 is 2.20 bits per heavy atom. The smallest absolute Gasteiger partial charge is 0.274 e. The second-order valence-electron chi connectivity index (χ2n) is 7.32.